The van der Waals surface area contributed by atoms with Gasteiger partial charge >= 0.3 is 0 Å². The van der Waals surface area contributed by atoms with Gasteiger partial charge in [-0.3, -0.25) is 0 Å². The standard InChI is InChI=1S/C18H28O2/c1-4-15-6-5-7-17(11-15)20-12-18(19)16-9-8-13(2)14(3)10-16/h8-10,15,17-19H,4-7,11-12H2,1-3H3. The molecule has 112 valence electrons. The Hall–Kier alpha value is -0.860. The Bertz CT molecular complexity index is 427. The zero-order chi connectivity index (χ0) is 14.5. The third-order valence-corrected chi connectivity index (χ3v) is 4.72. The molecule has 1 saturated carbocycles. The molecule has 0 saturated heterocycles. The van der Waals surface area contributed by atoms with Crippen molar-refractivity contribution < 1.29 is 9.84 Å². The lowest BCUT2D eigenvalue weighted by Crippen LogP contribution is -2.24. The molecule has 3 atom stereocenters. The van der Waals surface area contributed by atoms with E-state index < -0.39 is 6.10 Å². The molecule has 1 aromatic rings. The number of aliphatic hydroxyl groups is 1. The fraction of sp³-hybridized carbons (Fsp3) is 0.667. The van der Waals surface area contributed by atoms with Crippen molar-refractivity contribution in [1.29, 1.82) is 0 Å². The van der Waals surface area contributed by atoms with Crippen molar-refractivity contribution in [1.82, 2.24) is 0 Å². The van der Waals surface area contributed by atoms with Gasteiger partial charge in [-0.15, -0.1) is 0 Å². The number of aliphatic hydroxyl groups excluding tert-OH is 1. The lowest BCUT2D eigenvalue weighted by molar-refractivity contribution is -0.0339. The van der Waals surface area contributed by atoms with Crippen LogP contribution in [-0.2, 0) is 4.74 Å². The molecule has 0 bridgehead atoms. The average molecular weight is 276 g/mol. The highest BCUT2D eigenvalue weighted by molar-refractivity contribution is 5.31. The van der Waals surface area contributed by atoms with E-state index in [0.717, 1.165) is 24.3 Å². The van der Waals surface area contributed by atoms with Gasteiger partial charge in [0, 0.05) is 0 Å². The van der Waals surface area contributed by atoms with Crippen molar-refractivity contribution in [3.05, 3.63) is 34.9 Å². The van der Waals surface area contributed by atoms with Crippen LogP contribution in [0.2, 0.25) is 0 Å². The maximum absolute atomic E-state index is 10.3. The maximum Gasteiger partial charge on any atom is 0.102 e. The molecule has 0 aromatic heterocycles. The Morgan fingerprint density at radius 3 is 2.75 bits per heavy atom. The topological polar surface area (TPSA) is 29.5 Å². The minimum atomic E-state index is -0.503. The van der Waals surface area contributed by atoms with Gasteiger partial charge in [-0.1, -0.05) is 44.4 Å². The Morgan fingerprint density at radius 1 is 1.25 bits per heavy atom. The highest BCUT2D eigenvalue weighted by Gasteiger charge is 2.22. The zero-order valence-corrected chi connectivity index (χ0v) is 13.1. The molecule has 1 aliphatic carbocycles. The zero-order valence-electron chi connectivity index (χ0n) is 13.1. The molecule has 0 radical (unpaired) electrons. The highest BCUT2D eigenvalue weighted by atomic mass is 16.5. The first-order chi connectivity index (χ1) is 9.60. The SMILES string of the molecule is CCC1CCCC(OCC(O)c2ccc(C)c(C)c2)C1. The molecule has 1 aliphatic rings. The van der Waals surface area contributed by atoms with Crippen LogP contribution in [0.15, 0.2) is 18.2 Å². The normalized spacial score (nSPS) is 24.6. The van der Waals surface area contributed by atoms with Crippen LogP contribution in [0.3, 0.4) is 0 Å². The smallest absolute Gasteiger partial charge is 0.102 e. The van der Waals surface area contributed by atoms with Gasteiger partial charge in [-0.25, -0.2) is 0 Å². The lowest BCUT2D eigenvalue weighted by atomic mass is 9.85. The molecule has 0 spiro atoms. The van der Waals surface area contributed by atoms with Crippen molar-refractivity contribution in [3.8, 4) is 0 Å². The predicted molar refractivity (Wildman–Crippen MR) is 82.9 cm³/mol. The third kappa shape index (κ3) is 4.07. The van der Waals surface area contributed by atoms with Crippen LogP contribution in [0.4, 0.5) is 0 Å². The minimum absolute atomic E-state index is 0.342. The quantitative estimate of drug-likeness (QED) is 0.867. The molecular formula is C18H28O2. The molecule has 20 heavy (non-hydrogen) atoms. The van der Waals surface area contributed by atoms with Gasteiger partial charge in [0.15, 0.2) is 0 Å². The van der Waals surface area contributed by atoms with E-state index in [9.17, 15) is 5.11 Å². The van der Waals surface area contributed by atoms with E-state index in [2.05, 4.69) is 32.9 Å². The summed E-state index contributed by atoms with van der Waals surface area (Å²) >= 11 is 0. The Balaban J connectivity index is 1.85. The summed E-state index contributed by atoms with van der Waals surface area (Å²) in [4.78, 5) is 0. The summed E-state index contributed by atoms with van der Waals surface area (Å²) in [6.45, 7) is 6.86. The van der Waals surface area contributed by atoms with E-state index >= 15 is 0 Å². The Morgan fingerprint density at radius 2 is 2.05 bits per heavy atom. The summed E-state index contributed by atoms with van der Waals surface area (Å²) in [6.07, 6.45) is 6.01. The molecule has 0 amide bonds. The number of hydrogen-bond acceptors (Lipinski definition) is 2. The predicted octanol–water partition coefficient (Wildman–Crippen LogP) is 4.32. The minimum Gasteiger partial charge on any atom is -0.386 e. The Labute approximate surface area is 123 Å². The summed E-state index contributed by atoms with van der Waals surface area (Å²) in [5, 5.41) is 10.3. The number of rotatable bonds is 5. The highest BCUT2D eigenvalue weighted by Crippen LogP contribution is 2.29. The number of ether oxygens (including phenoxy) is 1. The van der Waals surface area contributed by atoms with Crippen molar-refractivity contribution in [2.45, 2.75) is 65.1 Å². The summed E-state index contributed by atoms with van der Waals surface area (Å²) in [5.74, 6) is 0.813. The average Bonchev–Trinajstić information content (AvgIpc) is 2.47. The van der Waals surface area contributed by atoms with Crippen LogP contribution in [0.1, 0.15) is 61.8 Å². The second-order valence-electron chi connectivity index (χ2n) is 6.26. The van der Waals surface area contributed by atoms with Crippen molar-refractivity contribution >= 4 is 0 Å². The van der Waals surface area contributed by atoms with Gasteiger partial charge in [0.1, 0.15) is 6.10 Å². The molecule has 2 rings (SSSR count). The van der Waals surface area contributed by atoms with Crippen LogP contribution in [0, 0.1) is 19.8 Å². The van der Waals surface area contributed by atoms with Crippen LogP contribution in [0.25, 0.3) is 0 Å². The lowest BCUT2D eigenvalue weighted by Gasteiger charge is -2.29. The van der Waals surface area contributed by atoms with Gasteiger partial charge in [-0.05, 0) is 49.3 Å². The summed E-state index contributed by atoms with van der Waals surface area (Å²) < 4.78 is 5.95. The van der Waals surface area contributed by atoms with Crippen molar-refractivity contribution in [3.63, 3.8) is 0 Å². The first-order valence-electron chi connectivity index (χ1n) is 7.97. The van der Waals surface area contributed by atoms with Gasteiger partial charge in [0.2, 0.25) is 0 Å². The first-order valence-corrected chi connectivity index (χ1v) is 7.97. The molecule has 1 N–H and O–H groups in total. The number of benzene rings is 1. The van der Waals surface area contributed by atoms with E-state index in [1.165, 1.54) is 30.4 Å². The van der Waals surface area contributed by atoms with E-state index in [1.54, 1.807) is 0 Å². The van der Waals surface area contributed by atoms with Crippen LogP contribution < -0.4 is 0 Å². The molecule has 3 unspecified atom stereocenters. The molecule has 0 heterocycles. The van der Waals surface area contributed by atoms with Crippen molar-refractivity contribution in [2.75, 3.05) is 6.61 Å². The largest absolute Gasteiger partial charge is 0.386 e. The second-order valence-corrected chi connectivity index (χ2v) is 6.26. The summed E-state index contributed by atoms with van der Waals surface area (Å²) in [6, 6.07) is 6.15. The van der Waals surface area contributed by atoms with E-state index in [0.29, 0.717) is 12.7 Å². The number of aryl methyl sites for hydroxylation is 2. The fourth-order valence-corrected chi connectivity index (χ4v) is 3.06. The fourth-order valence-electron chi connectivity index (χ4n) is 3.06. The molecular weight excluding hydrogens is 248 g/mol. The van der Waals surface area contributed by atoms with E-state index in [-0.39, 0.29) is 0 Å². The van der Waals surface area contributed by atoms with Gasteiger partial charge in [0.25, 0.3) is 0 Å². The van der Waals surface area contributed by atoms with Gasteiger partial charge in [-0.2, -0.15) is 0 Å². The van der Waals surface area contributed by atoms with Crippen LogP contribution >= 0.6 is 0 Å². The molecule has 2 heteroatoms. The van der Waals surface area contributed by atoms with Gasteiger partial charge < -0.3 is 9.84 Å². The second kappa shape index (κ2) is 7.24. The van der Waals surface area contributed by atoms with Crippen LogP contribution in [0.5, 0.6) is 0 Å². The van der Waals surface area contributed by atoms with Gasteiger partial charge in [0.05, 0.1) is 12.7 Å². The van der Waals surface area contributed by atoms with E-state index in [1.807, 2.05) is 6.07 Å². The summed E-state index contributed by atoms with van der Waals surface area (Å²) in [5.41, 5.74) is 3.46. The maximum atomic E-state index is 10.3. The summed E-state index contributed by atoms with van der Waals surface area (Å²) in [7, 11) is 0. The Kier molecular flexibility index (Phi) is 5.62. The molecule has 0 aliphatic heterocycles. The first kappa shape index (κ1) is 15.5. The van der Waals surface area contributed by atoms with Crippen molar-refractivity contribution in [2.24, 2.45) is 5.92 Å². The van der Waals surface area contributed by atoms with Crippen LogP contribution in [-0.4, -0.2) is 17.8 Å². The monoisotopic (exact) mass is 276 g/mol. The van der Waals surface area contributed by atoms with E-state index in [4.69, 9.17) is 4.74 Å². The number of hydrogen-bond donors (Lipinski definition) is 1. The third-order valence-electron chi connectivity index (χ3n) is 4.72. The molecule has 1 fully saturated rings. The molecule has 1 aromatic carbocycles. The molecule has 2 nitrogen and oxygen atoms in total.